The molecule has 0 saturated carbocycles. The largest absolute Gasteiger partial charge is 0.455 e. The zero-order valence-electron chi connectivity index (χ0n) is 15.1. The van der Waals surface area contributed by atoms with E-state index in [2.05, 4.69) is 9.84 Å². The van der Waals surface area contributed by atoms with Gasteiger partial charge in [-0.15, -0.1) is 0 Å². The minimum absolute atomic E-state index is 0.128. The highest BCUT2D eigenvalue weighted by molar-refractivity contribution is 6.31. The number of alkyl halides is 5. The second kappa shape index (κ2) is 8.42. The quantitative estimate of drug-likeness (QED) is 0.456. The minimum atomic E-state index is -5.70. The van der Waals surface area contributed by atoms with Crippen LogP contribution in [0.3, 0.4) is 0 Å². The predicted molar refractivity (Wildman–Crippen MR) is 99.4 cm³/mol. The van der Waals surface area contributed by atoms with Gasteiger partial charge in [-0.1, -0.05) is 41.9 Å². The molecule has 0 saturated heterocycles. The van der Waals surface area contributed by atoms with Crippen LogP contribution in [0.1, 0.15) is 11.3 Å². The van der Waals surface area contributed by atoms with Gasteiger partial charge in [-0.25, -0.2) is 4.68 Å². The normalized spacial score (nSPS) is 12.0. The third-order valence-corrected chi connectivity index (χ3v) is 4.49. The number of nitriles is 1. The number of aromatic nitrogens is 2. The molecule has 0 radical (unpaired) electrons. The summed E-state index contributed by atoms with van der Waals surface area (Å²) < 4.78 is 68.9. The second-order valence-electron chi connectivity index (χ2n) is 6.28. The number of halogens is 6. The summed E-state index contributed by atoms with van der Waals surface area (Å²) in [6.45, 7) is -2.39. The number of benzene rings is 2. The summed E-state index contributed by atoms with van der Waals surface area (Å²) >= 11 is 6.04. The van der Waals surface area contributed by atoms with Crippen LogP contribution in [0.15, 0.2) is 54.6 Å². The van der Waals surface area contributed by atoms with Crippen molar-refractivity contribution in [2.45, 2.75) is 18.7 Å². The SMILES string of the molecule is N#Cc1cc(-c2ccccc2)n(-c2ccc(Cl)c(COCC(F)(F)C(F)(F)F)c2)n1. The Morgan fingerprint density at radius 3 is 2.37 bits per heavy atom. The van der Waals surface area contributed by atoms with E-state index in [-0.39, 0.29) is 16.3 Å². The molecule has 156 valence electrons. The van der Waals surface area contributed by atoms with Crippen LogP contribution in [0.4, 0.5) is 22.0 Å². The molecule has 0 N–H and O–H groups in total. The predicted octanol–water partition coefficient (Wildman–Crippen LogP) is 5.78. The first-order chi connectivity index (χ1) is 14.1. The molecule has 0 aliphatic heterocycles. The molecule has 30 heavy (non-hydrogen) atoms. The molecule has 1 aromatic heterocycles. The Balaban J connectivity index is 1.89. The molecule has 4 nitrogen and oxygen atoms in total. The van der Waals surface area contributed by atoms with Crippen LogP contribution < -0.4 is 0 Å². The molecule has 2 aromatic carbocycles. The van der Waals surface area contributed by atoms with E-state index >= 15 is 0 Å². The lowest BCUT2D eigenvalue weighted by molar-refractivity contribution is -0.297. The molecule has 3 rings (SSSR count). The fourth-order valence-corrected chi connectivity index (χ4v) is 2.79. The molecule has 3 aromatic rings. The summed E-state index contributed by atoms with van der Waals surface area (Å²) in [5.41, 5.74) is 2.13. The first-order valence-corrected chi connectivity index (χ1v) is 8.87. The number of ether oxygens (including phenoxy) is 1. The Morgan fingerprint density at radius 2 is 1.73 bits per heavy atom. The maximum atomic E-state index is 13.0. The van der Waals surface area contributed by atoms with Crippen LogP contribution in [0.25, 0.3) is 16.9 Å². The van der Waals surface area contributed by atoms with E-state index in [0.29, 0.717) is 11.4 Å². The molecular formula is C20H13ClF5N3O. The molecule has 0 atom stereocenters. The van der Waals surface area contributed by atoms with Gasteiger partial charge in [-0.2, -0.15) is 32.3 Å². The van der Waals surface area contributed by atoms with Crippen molar-refractivity contribution < 1.29 is 26.7 Å². The zero-order valence-corrected chi connectivity index (χ0v) is 15.9. The highest BCUT2D eigenvalue weighted by Gasteiger charge is 2.57. The number of hydrogen-bond donors (Lipinski definition) is 0. The van der Waals surface area contributed by atoms with E-state index in [9.17, 15) is 27.2 Å². The van der Waals surface area contributed by atoms with Gasteiger partial charge in [-0.3, -0.25) is 0 Å². The third-order valence-electron chi connectivity index (χ3n) is 4.12. The van der Waals surface area contributed by atoms with E-state index in [1.165, 1.54) is 16.8 Å². The number of hydrogen-bond acceptors (Lipinski definition) is 3. The Morgan fingerprint density at radius 1 is 1.03 bits per heavy atom. The van der Waals surface area contributed by atoms with Gasteiger partial charge in [0.25, 0.3) is 0 Å². The van der Waals surface area contributed by atoms with Crippen LogP contribution in [0, 0.1) is 11.3 Å². The minimum Gasteiger partial charge on any atom is -0.370 e. The first-order valence-electron chi connectivity index (χ1n) is 8.49. The van der Waals surface area contributed by atoms with E-state index < -0.39 is 25.3 Å². The average molecular weight is 442 g/mol. The standard InChI is InChI=1S/C20H13ClF5N3O/c21-17-7-6-16(8-14(17)11-30-12-19(22,23)20(24,25)26)29-18(9-15(10-27)28-29)13-4-2-1-3-5-13/h1-9H,11-12H2. The zero-order chi connectivity index (χ0) is 21.9. The number of nitrogens with zero attached hydrogens (tertiary/aromatic N) is 3. The van der Waals surface area contributed by atoms with Gasteiger partial charge in [0.1, 0.15) is 12.7 Å². The molecule has 1 heterocycles. The van der Waals surface area contributed by atoms with Gasteiger partial charge < -0.3 is 4.74 Å². The molecule has 0 fully saturated rings. The van der Waals surface area contributed by atoms with Gasteiger partial charge in [-0.05, 0) is 23.8 Å². The maximum absolute atomic E-state index is 13.0. The lowest BCUT2D eigenvalue weighted by Gasteiger charge is -2.19. The topological polar surface area (TPSA) is 50.8 Å². The molecule has 0 aliphatic rings. The molecule has 0 aliphatic carbocycles. The van der Waals surface area contributed by atoms with Crippen molar-refractivity contribution in [1.29, 1.82) is 5.26 Å². The Bertz CT molecular complexity index is 1070. The van der Waals surface area contributed by atoms with Gasteiger partial charge >= 0.3 is 12.1 Å². The van der Waals surface area contributed by atoms with Crippen LogP contribution in [0.2, 0.25) is 5.02 Å². The van der Waals surface area contributed by atoms with E-state index in [4.69, 9.17) is 11.6 Å². The van der Waals surface area contributed by atoms with Crippen LogP contribution in [-0.4, -0.2) is 28.5 Å². The van der Waals surface area contributed by atoms with Crippen molar-refractivity contribution in [3.8, 4) is 23.0 Å². The van der Waals surface area contributed by atoms with Crippen molar-refractivity contribution in [3.63, 3.8) is 0 Å². The summed E-state index contributed by atoms with van der Waals surface area (Å²) in [4.78, 5) is 0. The van der Waals surface area contributed by atoms with Gasteiger partial charge in [0.15, 0.2) is 5.69 Å². The fourth-order valence-electron chi connectivity index (χ4n) is 2.62. The molecule has 0 amide bonds. The summed E-state index contributed by atoms with van der Waals surface area (Å²) in [6, 6.07) is 17.1. The first kappa shape index (κ1) is 21.7. The molecule has 0 unspecified atom stereocenters. The van der Waals surface area contributed by atoms with E-state index in [1.54, 1.807) is 24.3 Å². The van der Waals surface area contributed by atoms with Crippen molar-refractivity contribution in [1.82, 2.24) is 9.78 Å². The fraction of sp³-hybridized carbons (Fsp3) is 0.200. The second-order valence-corrected chi connectivity index (χ2v) is 6.68. The van der Waals surface area contributed by atoms with Crippen LogP contribution in [0.5, 0.6) is 0 Å². The van der Waals surface area contributed by atoms with E-state index in [0.717, 1.165) is 5.56 Å². The lowest BCUT2D eigenvalue weighted by atomic mass is 10.1. The molecule has 0 bridgehead atoms. The van der Waals surface area contributed by atoms with Crippen molar-refractivity contribution in [2.24, 2.45) is 0 Å². The lowest BCUT2D eigenvalue weighted by Crippen LogP contribution is -2.40. The monoisotopic (exact) mass is 441 g/mol. The summed E-state index contributed by atoms with van der Waals surface area (Å²) in [7, 11) is 0. The van der Waals surface area contributed by atoms with Crippen molar-refractivity contribution >= 4 is 11.6 Å². The Kier molecular flexibility index (Phi) is 6.10. The van der Waals surface area contributed by atoms with Crippen molar-refractivity contribution in [3.05, 3.63) is 70.9 Å². The maximum Gasteiger partial charge on any atom is 0.455 e. The van der Waals surface area contributed by atoms with Gasteiger partial charge in [0.2, 0.25) is 0 Å². The summed E-state index contributed by atoms with van der Waals surface area (Å²) in [6.07, 6.45) is -5.70. The molecule has 0 spiro atoms. The summed E-state index contributed by atoms with van der Waals surface area (Å²) in [5, 5.41) is 13.5. The molecular weight excluding hydrogens is 429 g/mol. The van der Waals surface area contributed by atoms with Crippen LogP contribution >= 0.6 is 11.6 Å². The van der Waals surface area contributed by atoms with Gasteiger partial charge in [0.05, 0.1) is 18.0 Å². The number of rotatable bonds is 6. The highest BCUT2D eigenvalue weighted by atomic mass is 35.5. The third kappa shape index (κ3) is 4.61. The average Bonchev–Trinajstić information content (AvgIpc) is 3.14. The highest BCUT2D eigenvalue weighted by Crippen LogP contribution is 2.36. The Hall–Kier alpha value is -2.96. The summed E-state index contributed by atoms with van der Waals surface area (Å²) in [5.74, 6) is -4.97. The van der Waals surface area contributed by atoms with Gasteiger partial charge in [0, 0.05) is 16.7 Å². The Labute approximate surface area is 173 Å². The smallest absolute Gasteiger partial charge is 0.370 e. The van der Waals surface area contributed by atoms with Crippen molar-refractivity contribution in [2.75, 3.05) is 6.61 Å². The van der Waals surface area contributed by atoms with Crippen LogP contribution in [-0.2, 0) is 11.3 Å². The molecule has 10 heteroatoms. The van der Waals surface area contributed by atoms with E-state index in [1.807, 2.05) is 24.3 Å².